The highest BCUT2D eigenvalue weighted by atomic mass is 79.9. The quantitative estimate of drug-likeness (QED) is 0.118. The summed E-state index contributed by atoms with van der Waals surface area (Å²) in [6.45, 7) is 1.73. The molecule has 4 aromatic rings. The monoisotopic (exact) mass is 836 g/mol. The van der Waals surface area contributed by atoms with Crippen LogP contribution in [0.5, 0.6) is 0 Å². The van der Waals surface area contributed by atoms with E-state index in [0.29, 0.717) is 12.1 Å². The zero-order valence-corrected chi connectivity index (χ0v) is 36.1. The summed E-state index contributed by atoms with van der Waals surface area (Å²) in [5.41, 5.74) is 2.50. The van der Waals surface area contributed by atoms with Gasteiger partial charge in [-0.1, -0.05) is 61.4 Å². The van der Waals surface area contributed by atoms with Gasteiger partial charge in [0.2, 0.25) is 12.7 Å². The standard InChI is InChI=1S/2C19H29N2O3Si.BrH.ClH/c2*1-22-25(23-2,24-3)19-11-9-17(10-12-19)15-20-13-14-21(16-20)18-7-5-4-6-8-18;;/h2*9-14,16,18H,4-8,15H2,1-3H3;2*1H/q2*+1;;/p-2. The first-order chi connectivity index (χ1) is 24.4. The van der Waals surface area contributed by atoms with Crippen molar-refractivity contribution in [3.8, 4) is 0 Å². The van der Waals surface area contributed by atoms with E-state index in [2.05, 4.69) is 104 Å². The molecule has 2 aromatic carbocycles. The minimum atomic E-state index is -2.74. The largest absolute Gasteiger partial charge is 1.00 e. The van der Waals surface area contributed by atoms with Crippen molar-refractivity contribution in [2.45, 2.75) is 89.4 Å². The summed E-state index contributed by atoms with van der Waals surface area (Å²) in [6.07, 6.45) is 26.7. The highest BCUT2D eigenvalue weighted by Crippen LogP contribution is 2.28. The Balaban J connectivity index is 0.000000270. The Bertz CT molecular complexity index is 1440. The lowest BCUT2D eigenvalue weighted by molar-refractivity contribution is -0.688. The Labute approximate surface area is 329 Å². The van der Waals surface area contributed by atoms with Gasteiger partial charge in [0.15, 0.2) is 0 Å². The summed E-state index contributed by atoms with van der Waals surface area (Å²) >= 11 is 0. The van der Waals surface area contributed by atoms with E-state index in [9.17, 15) is 0 Å². The number of halogens is 2. The Hall–Kier alpha value is -2.18. The molecule has 288 valence electrons. The van der Waals surface area contributed by atoms with Gasteiger partial charge in [0, 0.05) is 53.0 Å². The first-order valence-corrected chi connectivity index (χ1v) is 21.5. The number of rotatable bonds is 14. The fraction of sp³-hybridized carbons (Fsp3) is 0.526. The Morgan fingerprint density at radius 2 is 0.827 bits per heavy atom. The van der Waals surface area contributed by atoms with Gasteiger partial charge in [-0.05, 0) is 62.5 Å². The number of benzene rings is 2. The van der Waals surface area contributed by atoms with Crippen molar-refractivity contribution in [1.29, 1.82) is 0 Å². The molecule has 2 aliphatic carbocycles. The highest BCUT2D eigenvalue weighted by Gasteiger charge is 2.41. The minimum absolute atomic E-state index is 0. The van der Waals surface area contributed by atoms with Gasteiger partial charge in [-0.25, -0.2) is 18.3 Å². The Kier molecular flexibility index (Phi) is 18.4. The molecular weight excluding hydrogens is 780 g/mol. The zero-order chi connectivity index (χ0) is 35.4. The molecule has 2 saturated carbocycles. The zero-order valence-electron chi connectivity index (χ0n) is 31.7. The Morgan fingerprint density at radius 1 is 0.519 bits per heavy atom. The number of aromatic nitrogens is 4. The van der Waals surface area contributed by atoms with Crippen molar-refractivity contribution in [3.63, 3.8) is 0 Å². The van der Waals surface area contributed by atoms with E-state index in [4.69, 9.17) is 26.6 Å². The molecule has 0 unspecified atom stereocenters. The summed E-state index contributed by atoms with van der Waals surface area (Å²) in [4.78, 5) is 0. The van der Waals surface area contributed by atoms with Crippen LogP contribution in [-0.4, -0.2) is 69.4 Å². The molecule has 0 spiro atoms. The SMILES string of the molecule is CO[Si](OC)(OC)c1ccc(C[n+]2ccn(C3CCCCC3)c2)cc1.CO[Si](OC)(OC)c1ccc(C[n+]2ccn(C3CCCCC3)c2)cc1.[Br-].[Cl-]. The molecule has 6 rings (SSSR count). The van der Waals surface area contributed by atoms with Crippen molar-refractivity contribution in [3.05, 3.63) is 97.1 Å². The fourth-order valence-electron chi connectivity index (χ4n) is 7.46. The summed E-state index contributed by atoms with van der Waals surface area (Å²) in [6, 6.07) is 18.1. The average Bonchev–Trinajstić information content (AvgIpc) is 3.86. The number of imidazole rings is 2. The third kappa shape index (κ3) is 11.0. The van der Waals surface area contributed by atoms with Gasteiger partial charge in [-0.15, -0.1) is 0 Å². The van der Waals surface area contributed by atoms with Crippen LogP contribution in [0.1, 0.15) is 87.4 Å². The molecule has 2 fully saturated rings. The molecular formula is C38H58BrClN4O6Si2. The second-order valence-corrected chi connectivity index (χ2v) is 19.2. The molecule has 0 amide bonds. The summed E-state index contributed by atoms with van der Waals surface area (Å²) in [5, 5.41) is 1.96. The van der Waals surface area contributed by atoms with Crippen LogP contribution in [0.25, 0.3) is 0 Å². The predicted octanol–water partition coefficient (Wildman–Crippen LogP) is -1.16. The maximum Gasteiger partial charge on any atom is 0.536 e. The van der Waals surface area contributed by atoms with Crippen molar-refractivity contribution in [1.82, 2.24) is 9.13 Å². The van der Waals surface area contributed by atoms with E-state index in [-0.39, 0.29) is 29.4 Å². The van der Waals surface area contributed by atoms with Gasteiger partial charge < -0.3 is 55.9 Å². The normalized spacial score (nSPS) is 15.7. The van der Waals surface area contributed by atoms with Gasteiger partial charge >= 0.3 is 17.6 Å². The lowest BCUT2D eigenvalue weighted by atomic mass is 9.95. The van der Waals surface area contributed by atoms with Crippen LogP contribution in [0, 0.1) is 0 Å². The van der Waals surface area contributed by atoms with E-state index in [1.165, 1.54) is 75.3 Å². The van der Waals surface area contributed by atoms with Crippen LogP contribution >= 0.6 is 0 Å². The van der Waals surface area contributed by atoms with E-state index < -0.39 is 17.6 Å². The van der Waals surface area contributed by atoms with Crippen LogP contribution in [0.15, 0.2) is 86.0 Å². The predicted molar refractivity (Wildman–Crippen MR) is 197 cm³/mol. The number of hydrogen-bond acceptors (Lipinski definition) is 6. The molecule has 10 nitrogen and oxygen atoms in total. The first-order valence-electron chi connectivity index (χ1n) is 18.0. The van der Waals surface area contributed by atoms with Crippen LogP contribution in [0.3, 0.4) is 0 Å². The average molecular weight is 838 g/mol. The third-order valence-electron chi connectivity index (χ3n) is 10.4. The van der Waals surface area contributed by atoms with E-state index in [1.54, 1.807) is 42.7 Å². The minimum Gasteiger partial charge on any atom is -1.00 e. The van der Waals surface area contributed by atoms with Crippen LogP contribution < -0.4 is 48.9 Å². The first kappa shape index (κ1) is 44.2. The van der Waals surface area contributed by atoms with Crippen LogP contribution in [-0.2, 0) is 39.6 Å². The topological polar surface area (TPSA) is 73.0 Å². The maximum absolute atomic E-state index is 5.54. The Morgan fingerprint density at radius 3 is 1.12 bits per heavy atom. The van der Waals surface area contributed by atoms with Crippen molar-refractivity contribution in [2.24, 2.45) is 0 Å². The molecule has 0 saturated heterocycles. The lowest BCUT2D eigenvalue weighted by Crippen LogP contribution is -3.00. The molecule has 2 aromatic heterocycles. The van der Waals surface area contributed by atoms with Crippen LogP contribution in [0.2, 0.25) is 0 Å². The second-order valence-electron chi connectivity index (χ2n) is 13.4. The van der Waals surface area contributed by atoms with Crippen molar-refractivity contribution in [2.75, 3.05) is 42.7 Å². The van der Waals surface area contributed by atoms with Crippen LogP contribution in [0.4, 0.5) is 0 Å². The highest BCUT2D eigenvalue weighted by molar-refractivity contribution is 6.75. The lowest BCUT2D eigenvalue weighted by Gasteiger charge is -2.24. The van der Waals surface area contributed by atoms with Gasteiger partial charge in [0.05, 0.1) is 0 Å². The fourth-order valence-corrected chi connectivity index (χ4v) is 11.0. The summed E-state index contributed by atoms with van der Waals surface area (Å²) in [7, 11) is 4.34. The van der Waals surface area contributed by atoms with Gasteiger partial charge in [0.25, 0.3) is 0 Å². The van der Waals surface area contributed by atoms with Gasteiger partial charge in [0.1, 0.15) is 50.0 Å². The number of hydrogen-bond donors (Lipinski definition) is 0. The summed E-state index contributed by atoms with van der Waals surface area (Å²) in [5.74, 6) is 0. The number of nitrogens with zero attached hydrogens (tertiary/aromatic N) is 4. The molecule has 52 heavy (non-hydrogen) atoms. The molecule has 14 heteroatoms. The van der Waals surface area contributed by atoms with Crippen molar-refractivity contribution < 1.29 is 65.1 Å². The smallest absolute Gasteiger partial charge is 0.536 e. The molecule has 0 bridgehead atoms. The van der Waals surface area contributed by atoms with E-state index in [1.807, 2.05) is 0 Å². The third-order valence-corrected chi connectivity index (χ3v) is 15.7. The maximum atomic E-state index is 5.54. The van der Waals surface area contributed by atoms with Gasteiger partial charge in [-0.3, -0.25) is 0 Å². The summed E-state index contributed by atoms with van der Waals surface area (Å²) < 4.78 is 42.5. The molecule has 0 aliphatic heterocycles. The molecule has 0 N–H and O–H groups in total. The second kappa shape index (κ2) is 21.6. The molecule has 2 heterocycles. The molecule has 2 aliphatic rings. The van der Waals surface area contributed by atoms with Gasteiger partial charge in [-0.2, -0.15) is 0 Å². The van der Waals surface area contributed by atoms with E-state index in [0.717, 1.165) is 23.5 Å². The van der Waals surface area contributed by atoms with E-state index >= 15 is 0 Å². The molecule has 0 atom stereocenters. The van der Waals surface area contributed by atoms with Crippen molar-refractivity contribution >= 4 is 28.0 Å². The molecule has 0 radical (unpaired) electrons.